The van der Waals surface area contributed by atoms with Gasteiger partial charge in [-0.3, -0.25) is 0 Å². The highest BCUT2D eigenvalue weighted by Crippen LogP contribution is 2.40. The molecule has 0 N–H and O–H groups in total. The molecule has 1 rings (SSSR count). The summed E-state index contributed by atoms with van der Waals surface area (Å²) >= 11 is 6.14. The second-order valence-electron chi connectivity index (χ2n) is 5.28. The fourth-order valence-electron chi connectivity index (χ4n) is 2.35. The van der Waals surface area contributed by atoms with Crippen molar-refractivity contribution < 1.29 is 0 Å². The minimum atomic E-state index is 0.410. The molecule has 0 aromatic carbocycles. The van der Waals surface area contributed by atoms with Gasteiger partial charge in [0.1, 0.15) is 0 Å². The third-order valence-electron chi connectivity index (χ3n) is 4.01. The Kier molecular flexibility index (Phi) is 4.27. The minimum absolute atomic E-state index is 0.410. The van der Waals surface area contributed by atoms with Gasteiger partial charge in [0.25, 0.3) is 0 Å². The fraction of sp³-hybridized carbons (Fsp3) is 1.00. The molecule has 0 aromatic heterocycles. The molecule has 0 saturated carbocycles. The van der Waals surface area contributed by atoms with Gasteiger partial charge in [-0.25, -0.2) is 0 Å². The number of rotatable bonds is 3. The van der Waals surface area contributed by atoms with Crippen molar-refractivity contribution in [1.82, 2.24) is 4.90 Å². The smallest absolute Gasteiger partial charge is 0.0283 e. The molecule has 1 aliphatic heterocycles. The van der Waals surface area contributed by atoms with Crippen LogP contribution in [0.5, 0.6) is 0 Å². The Bertz CT molecular complexity index is 169. The highest BCUT2D eigenvalue weighted by Gasteiger charge is 2.36. The van der Waals surface area contributed by atoms with E-state index in [-0.39, 0.29) is 0 Å². The molecule has 1 saturated heterocycles. The van der Waals surface area contributed by atoms with Crippen LogP contribution >= 0.6 is 11.6 Å². The third-order valence-corrected chi connectivity index (χ3v) is 4.55. The van der Waals surface area contributed by atoms with Gasteiger partial charge in [-0.1, -0.05) is 13.8 Å². The van der Waals surface area contributed by atoms with Crippen molar-refractivity contribution in [3.63, 3.8) is 0 Å². The van der Waals surface area contributed by atoms with Gasteiger partial charge in [-0.05, 0) is 51.1 Å². The normalized spacial score (nSPS) is 23.4. The number of hydrogen-bond donors (Lipinski definition) is 0. The maximum Gasteiger partial charge on any atom is 0.0283 e. The number of likely N-dealkylation sites (tertiary alicyclic amines) is 1. The summed E-state index contributed by atoms with van der Waals surface area (Å²) in [5.41, 5.74) is 0.410. The summed E-state index contributed by atoms with van der Waals surface area (Å²) in [4.78, 5) is 2.56. The van der Waals surface area contributed by atoms with E-state index < -0.39 is 0 Å². The SMILES string of the molecule is CC(C)N1CCC(CCl)(C(C)C)CC1. The zero-order valence-corrected chi connectivity index (χ0v) is 10.8. The minimum Gasteiger partial charge on any atom is -0.301 e. The van der Waals surface area contributed by atoms with Crippen molar-refractivity contribution in [2.75, 3.05) is 19.0 Å². The van der Waals surface area contributed by atoms with Crippen LogP contribution in [-0.2, 0) is 0 Å². The van der Waals surface area contributed by atoms with Crippen LogP contribution in [0.15, 0.2) is 0 Å². The van der Waals surface area contributed by atoms with Crippen molar-refractivity contribution in [3.05, 3.63) is 0 Å². The predicted molar refractivity (Wildman–Crippen MR) is 63.9 cm³/mol. The topological polar surface area (TPSA) is 3.24 Å². The summed E-state index contributed by atoms with van der Waals surface area (Å²) in [5, 5.41) is 0. The summed E-state index contributed by atoms with van der Waals surface area (Å²) in [6.45, 7) is 11.6. The Hall–Kier alpha value is 0.250. The van der Waals surface area contributed by atoms with E-state index >= 15 is 0 Å². The Morgan fingerprint density at radius 2 is 1.64 bits per heavy atom. The Balaban J connectivity index is 2.55. The second-order valence-corrected chi connectivity index (χ2v) is 5.55. The van der Waals surface area contributed by atoms with Crippen LogP contribution in [0.2, 0.25) is 0 Å². The number of hydrogen-bond acceptors (Lipinski definition) is 1. The first-order valence-electron chi connectivity index (χ1n) is 5.82. The van der Waals surface area contributed by atoms with Crippen LogP contribution < -0.4 is 0 Å². The van der Waals surface area contributed by atoms with Gasteiger partial charge in [-0.2, -0.15) is 0 Å². The highest BCUT2D eigenvalue weighted by molar-refractivity contribution is 6.18. The Morgan fingerprint density at radius 1 is 1.14 bits per heavy atom. The Morgan fingerprint density at radius 3 is 1.93 bits per heavy atom. The van der Waals surface area contributed by atoms with Crippen molar-refractivity contribution in [2.24, 2.45) is 11.3 Å². The molecule has 0 atom stereocenters. The van der Waals surface area contributed by atoms with Gasteiger partial charge < -0.3 is 4.90 Å². The van der Waals surface area contributed by atoms with E-state index in [0.29, 0.717) is 17.4 Å². The van der Waals surface area contributed by atoms with Gasteiger partial charge in [0.05, 0.1) is 0 Å². The number of nitrogens with zero attached hydrogens (tertiary/aromatic N) is 1. The second kappa shape index (κ2) is 4.85. The average molecular weight is 218 g/mol. The van der Waals surface area contributed by atoms with Crippen LogP contribution in [0.1, 0.15) is 40.5 Å². The van der Waals surface area contributed by atoms with Crippen LogP contribution in [0.4, 0.5) is 0 Å². The molecule has 1 heterocycles. The first-order valence-corrected chi connectivity index (χ1v) is 6.35. The maximum atomic E-state index is 6.14. The van der Waals surface area contributed by atoms with E-state index in [1.54, 1.807) is 0 Å². The lowest BCUT2D eigenvalue weighted by Gasteiger charge is -2.44. The van der Waals surface area contributed by atoms with E-state index in [9.17, 15) is 0 Å². The van der Waals surface area contributed by atoms with Gasteiger partial charge in [-0.15, -0.1) is 11.6 Å². The zero-order chi connectivity index (χ0) is 10.8. The van der Waals surface area contributed by atoms with E-state index in [2.05, 4.69) is 32.6 Å². The van der Waals surface area contributed by atoms with Crippen molar-refractivity contribution in [1.29, 1.82) is 0 Å². The number of piperidine rings is 1. The molecule has 0 aromatic rings. The maximum absolute atomic E-state index is 6.14. The molecule has 0 amide bonds. The van der Waals surface area contributed by atoms with Crippen LogP contribution in [0, 0.1) is 11.3 Å². The summed E-state index contributed by atoms with van der Waals surface area (Å²) < 4.78 is 0. The van der Waals surface area contributed by atoms with Gasteiger partial charge in [0, 0.05) is 11.9 Å². The first kappa shape index (κ1) is 12.3. The first-order chi connectivity index (χ1) is 6.52. The van der Waals surface area contributed by atoms with Gasteiger partial charge >= 0.3 is 0 Å². The standard InChI is InChI=1S/C12H24ClN/c1-10(2)12(9-13)5-7-14(8-6-12)11(3)4/h10-11H,5-9H2,1-4H3. The molecule has 2 heteroatoms. The highest BCUT2D eigenvalue weighted by atomic mass is 35.5. The monoisotopic (exact) mass is 217 g/mol. The van der Waals surface area contributed by atoms with E-state index in [1.807, 2.05) is 0 Å². The summed E-state index contributed by atoms with van der Waals surface area (Å²) in [7, 11) is 0. The van der Waals surface area contributed by atoms with Crippen LogP contribution in [0.25, 0.3) is 0 Å². The molecule has 14 heavy (non-hydrogen) atoms. The number of halogens is 1. The molecular formula is C12H24ClN. The molecule has 1 nitrogen and oxygen atoms in total. The van der Waals surface area contributed by atoms with Crippen LogP contribution in [-0.4, -0.2) is 29.9 Å². The molecule has 1 fully saturated rings. The van der Waals surface area contributed by atoms with Crippen molar-refractivity contribution in [3.8, 4) is 0 Å². The molecule has 0 spiro atoms. The molecule has 0 radical (unpaired) electrons. The lowest BCUT2D eigenvalue weighted by atomic mass is 9.71. The largest absolute Gasteiger partial charge is 0.301 e. The molecule has 1 aliphatic rings. The third kappa shape index (κ3) is 2.43. The summed E-state index contributed by atoms with van der Waals surface area (Å²) in [6.07, 6.45) is 2.54. The fourth-order valence-corrected chi connectivity index (χ4v) is 2.93. The van der Waals surface area contributed by atoms with E-state index in [4.69, 9.17) is 11.6 Å². The van der Waals surface area contributed by atoms with Crippen molar-refractivity contribution in [2.45, 2.75) is 46.6 Å². The predicted octanol–water partition coefficient (Wildman–Crippen LogP) is 3.37. The van der Waals surface area contributed by atoms with Gasteiger partial charge in [0.2, 0.25) is 0 Å². The van der Waals surface area contributed by atoms with Crippen LogP contribution in [0.3, 0.4) is 0 Å². The number of alkyl halides is 1. The summed E-state index contributed by atoms with van der Waals surface area (Å²) in [5.74, 6) is 1.55. The van der Waals surface area contributed by atoms with E-state index in [1.165, 1.54) is 25.9 Å². The molecule has 0 bridgehead atoms. The summed E-state index contributed by atoms with van der Waals surface area (Å²) in [6, 6.07) is 0.690. The molecular weight excluding hydrogens is 194 g/mol. The Labute approximate surface area is 93.8 Å². The quantitative estimate of drug-likeness (QED) is 0.656. The lowest BCUT2D eigenvalue weighted by Crippen LogP contribution is -2.46. The van der Waals surface area contributed by atoms with Crippen molar-refractivity contribution >= 4 is 11.6 Å². The van der Waals surface area contributed by atoms with Gasteiger partial charge in [0.15, 0.2) is 0 Å². The average Bonchev–Trinajstić information content (AvgIpc) is 2.17. The molecule has 84 valence electrons. The molecule has 0 aliphatic carbocycles. The molecule has 0 unspecified atom stereocenters. The lowest BCUT2D eigenvalue weighted by molar-refractivity contribution is 0.0643. The zero-order valence-electron chi connectivity index (χ0n) is 10.0. The van der Waals surface area contributed by atoms with E-state index in [0.717, 1.165) is 5.88 Å².